The summed E-state index contributed by atoms with van der Waals surface area (Å²) in [4.78, 5) is 12.0. The SMILES string of the molecule is CCCC1CC(C(C)C)CC1(C)C(=O)OC. The Morgan fingerprint density at radius 1 is 1.50 bits per heavy atom. The van der Waals surface area contributed by atoms with E-state index in [-0.39, 0.29) is 11.4 Å². The van der Waals surface area contributed by atoms with Gasteiger partial charge in [-0.3, -0.25) is 4.79 Å². The molecule has 1 fully saturated rings. The molecule has 0 spiro atoms. The molecule has 0 bridgehead atoms. The summed E-state index contributed by atoms with van der Waals surface area (Å²) in [6, 6.07) is 0. The quantitative estimate of drug-likeness (QED) is 0.684. The molecule has 1 saturated carbocycles. The van der Waals surface area contributed by atoms with Gasteiger partial charge in [0.25, 0.3) is 0 Å². The highest BCUT2D eigenvalue weighted by Gasteiger charge is 2.49. The van der Waals surface area contributed by atoms with Gasteiger partial charge in [0.2, 0.25) is 0 Å². The van der Waals surface area contributed by atoms with E-state index in [4.69, 9.17) is 4.74 Å². The normalized spacial score (nSPS) is 34.4. The first-order valence-corrected chi connectivity index (χ1v) is 6.54. The zero-order valence-corrected chi connectivity index (χ0v) is 11.4. The molecular weight excluding hydrogens is 200 g/mol. The molecule has 0 aromatic rings. The summed E-state index contributed by atoms with van der Waals surface area (Å²) in [5.74, 6) is 1.86. The topological polar surface area (TPSA) is 26.3 Å². The van der Waals surface area contributed by atoms with Crippen LogP contribution in [0.5, 0.6) is 0 Å². The van der Waals surface area contributed by atoms with Gasteiger partial charge in [0.05, 0.1) is 12.5 Å². The molecule has 0 radical (unpaired) electrons. The van der Waals surface area contributed by atoms with Crippen LogP contribution >= 0.6 is 0 Å². The maximum Gasteiger partial charge on any atom is 0.311 e. The molecule has 0 amide bonds. The van der Waals surface area contributed by atoms with Crippen LogP contribution in [0.15, 0.2) is 0 Å². The van der Waals surface area contributed by atoms with Crippen LogP contribution < -0.4 is 0 Å². The first kappa shape index (κ1) is 13.5. The minimum absolute atomic E-state index is 0.00546. The van der Waals surface area contributed by atoms with Crippen LogP contribution in [0.3, 0.4) is 0 Å². The van der Waals surface area contributed by atoms with Gasteiger partial charge in [-0.2, -0.15) is 0 Å². The molecule has 16 heavy (non-hydrogen) atoms. The fraction of sp³-hybridized carbons (Fsp3) is 0.929. The van der Waals surface area contributed by atoms with Crippen molar-refractivity contribution < 1.29 is 9.53 Å². The minimum atomic E-state index is -0.236. The van der Waals surface area contributed by atoms with Crippen molar-refractivity contribution in [2.24, 2.45) is 23.2 Å². The molecule has 0 heterocycles. The summed E-state index contributed by atoms with van der Waals surface area (Å²) in [6.07, 6.45) is 4.50. The Labute approximate surface area is 99.8 Å². The zero-order valence-electron chi connectivity index (χ0n) is 11.4. The Morgan fingerprint density at radius 3 is 2.56 bits per heavy atom. The number of methoxy groups -OCH3 is 1. The van der Waals surface area contributed by atoms with Crippen LogP contribution in [0.2, 0.25) is 0 Å². The molecular formula is C14H26O2. The predicted molar refractivity (Wildman–Crippen MR) is 66.1 cm³/mol. The molecule has 2 heteroatoms. The maximum atomic E-state index is 12.0. The number of carbonyl (C=O) groups is 1. The highest BCUT2D eigenvalue weighted by atomic mass is 16.5. The lowest BCUT2D eigenvalue weighted by Crippen LogP contribution is -2.33. The van der Waals surface area contributed by atoms with Crippen molar-refractivity contribution in [2.45, 2.75) is 53.4 Å². The molecule has 0 saturated heterocycles. The smallest absolute Gasteiger partial charge is 0.311 e. The second-order valence-corrected chi connectivity index (χ2v) is 5.84. The van der Waals surface area contributed by atoms with E-state index in [2.05, 4.69) is 27.7 Å². The molecule has 2 nitrogen and oxygen atoms in total. The molecule has 3 unspecified atom stereocenters. The molecule has 0 N–H and O–H groups in total. The number of ether oxygens (including phenoxy) is 1. The number of rotatable bonds is 4. The minimum Gasteiger partial charge on any atom is -0.469 e. The van der Waals surface area contributed by atoms with Crippen molar-refractivity contribution in [3.8, 4) is 0 Å². The van der Waals surface area contributed by atoms with Gasteiger partial charge in [-0.1, -0.05) is 27.2 Å². The molecule has 3 atom stereocenters. The van der Waals surface area contributed by atoms with Gasteiger partial charge < -0.3 is 4.74 Å². The van der Waals surface area contributed by atoms with Gasteiger partial charge in [0, 0.05) is 0 Å². The Balaban J connectivity index is 2.83. The second-order valence-electron chi connectivity index (χ2n) is 5.84. The van der Waals surface area contributed by atoms with E-state index < -0.39 is 0 Å². The average Bonchev–Trinajstić information content (AvgIpc) is 2.57. The van der Waals surface area contributed by atoms with Crippen LogP contribution in [0.1, 0.15) is 53.4 Å². The first-order valence-electron chi connectivity index (χ1n) is 6.54. The number of carbonyl (C=O) groups excluding carboxylic acids is 1. The standard InChI is InChI=1S/C14H26O2/c1-6-7-12-8-11(10(2)3)9-14(12,4)13(15)16-5/h10-12H,6-9H2,1-5H3. The number of esters is 1. The summed E-state index contributed by atoms with van der Waals surface area (Å²) < 4.78 is 5.00. The van der Waals surface area contributed by atoms with Crippen LogP contribution in [-0.2, 0) is 9.53 Å². The van der Waals surface area contributed by atoms with Gasteiger partial charge in [0.15, 0.2) is 0 Å². The molecule has 0 aliphatic heterocycles. The van der Waals surface area contributed by atoms with E-state index in [1.807, 2.05) is 0 Å². The Bertz CT molecular complexity index is 247. The summed E-state index contributed by atoms with van der Waals surface area (Å²) >= 11 is 0. The van der Waals surface area contributed by atoms with Crippen molar-refractivity contribution >= 4 is 5.97 Å². The van der Waals surface area contributed by atoms with Gasteiger partial charge in [-0.15, -0.1) is 0 Å². The lowest BCUT2D eigenvalue weighted by Gasteiger charge is -2.28. The van der Waals surface area contributed by atoms with Gasteiger partial charge >= 0.3 is 5.97 Å². The molecule has 94 valence electrons. The first-order chi connectivity index (χ1) is 7.45. The number of hydrogen-bond donors (Lipinski definition) is 0. The summed E-state index contributed by atoms with van der Waals surface area (Å²) in [6.45, 7) is 8.81. The van der Waals surface area contributed by atoms with Gasteiger partial charge in [0.1, 0.15) is 0 Å². The number of hydrogen-bond acceptors (Lipinski definition) is 2. The Hall–Kier alpha value is -0.530. The Kier molecular flexibility index (Phi) is 4.40. The molecule has 0 aromatic heterocycles. The largest absolute Gasteiger partial charge is 0.469 e. The van der Waals surface area contributed by atoms with Crippen LogP contribution in [0.25, 0.3) is 0 Å². The van der Waals surface area contributed by atoms with Crippen molar-refractivity contribution in [1.82, 2.24) is 0 Å². The monoisotopic (exact) mass is 226 g/mol. The molecule has 1 aliphatic rings. The zero-order chi connectivity index (χ0) is 12.3. The predicted octanol–water partition coefficient (Wildman–Crippen LogP) is 3.65. The summed E-state index contributed by atoms with van der Waals surface area (Å²) in [7, 11) is 1.51. The van der Waals surface area contributed by atoms with E-state index in [0.29, 0.717) is 17.8 Å². The lowest BCUT2D eigenvalue weighted by atomic mass is 9.77. The van der Waals surface area contributed by atoms with Crippen LogP contribution in [0.4, 0.5) is 0 Å². The van der Waals surface area contributed by atoms with Crippen molar-refractivity contribution in [3.05, 3.63) is 0 Å². The lowest BCUT2D eigenvalue weighted by molar-refractivity contribution is -0.154. The summed E-state index contributed by atoms with van der Waals surface area (Å²) in [5.41, 5.74) is -0.236. The fourth-order valence-corrected chi connectivity index (χ4v) is 3.20. The van der Waals surface area contributed by atoms with Crippen LogP contribution in [-0.4, -0.2) is 13.1 Å². The van der Waals surface area contributed by atoms with Crippen molar-refractivity contribution in [1.29, 1.82) is 0 Å². The van der Waals surface area contributed by atoms with Crippen molar-refractivity contribution in [3.63, 3.8) is 0 Å². The summed E-state index contributed by atoms with van der Waals surface area (Å²) in [5, 5.41) is 0. The highest BCUT2D eigenvalue weighted by Crippen LogP contribution is 2.51. The van der Waals surface area contributed by atoms with Gasteiger partial charge in [-0.25, -0.2) is 0 Å². The van der Waals surface area contributed by atoms with E-state index in [1.165, 1.54) is 13.5 Å². The van der Waals surface area contributed by atoms with Crippen molar-refractivity contribution in [2.75, 3.05) is 7.11 Å². The maximum absolute atomic E-state index is 12.0. The van der Waals surface area contributed by atoms with E-state index >= 15 is 0 Å². The third-order valence-corrected chi connectivity index (χ3v) is 4.41. The average molecular weight is 226 g/mol. The highest BCUT2D eigenvalue weighted by molar-refractivity contribution is 5.77. The third kappa shape index (κ3) is 2.41. The van der Waals surface area contributed by atoms with E-state index in [1.54, 1.807) is 0 Å². The van der Waals surface area contributed by atoms with E-state index in [0.717, 1.165) is 19.3 Å². The third-order valence-electron chi connectivity index (χ3n) is 4.41. The fourth-order valence-electron chi connectivity index (χ4n) is 3.20. The molecule has 1 rings (SSSR count). The van der Waals surface area contributed by atoms with E-state index in [9.17, 15) is 4.79 Å². The van der Waals surface area contributed by atoms with Gasteiger partial charge in [-0.05, 0) is 43.9 Å². The van der Waals surface area contributed by atoms with Crippen LogP contribution in [0, 0.1) is 23.2 Å². The molecule has 0 aromatic carbocycles. The molecule has 1 aliphatic carbocycles. The second kappa shape index (κ2) is 5.20. The Morgan fingerprint density at radius 2 is 2.12 bits per heavy atom.